The van der Waals surface area contributed by atoms with Gasteiger partial charge < -0.3 is 5.73 Å². The summed E-state index contributed by atoms with van der Waals surface area (Å²) in [5.41, 5.74) is 7.63. The molecule has 0 radical (unpaired) electrons. The van der Waals surface area contributed by atoms with Crippen molar-refractivity contribution in [1.82, 2.24) is 9.97 Å². The van der Waals surface area contributed by atoms with Crippen molar-refractivity contribution < 1.29 is 0 Å². The number of thiophene rings is 1. The maximum atomic E-state index is 11.7. The second kappa shape index (κ2) is 6.70. The normalized spacial score (nSPS) is 10.7. The Morgan fingerprint density at radius 3 is 2.74 bits per heavy atom. The Hall–Kier alpha value is -2.14. The highest BCUT2D eigenvalue weighted by atomic mass is 32.1. The molecule has 0 atom stereocenters. The Morgan fingerprint density at radius 1 is 1.47 bits per heavy atom. The minimum atomic E-state index is -0.217. The first kappa shape index (κ1) is 14.9. The molecule has 100 valence electrons. The predicted molar refractivity (Wildman–Crippen MR) is 84.4 cm³/mol. The highest BCUT2D eigenvalue weighted by Crippen LogP contribution is 2.28. The molecule has 0 saturated heterocycles. The van der Waals surface area contributed by atoms with E-state index >= 15 is 0 Å². The lowest BCUT2D eigenvalue weighted by atomic mass is 10.1. The molecule has 0 bridgehead atoms. The number of hydrogen-bond donors (Lipinski definition) is 2. The quantitative estimate of drug-likeness (QED) is 0.844. The average Bonchev–Trinajstić information content (AvgIpc) is 2.82. The number of anilines is 1. The van der Waals surface area contributed by atoms with E-state index in [1.54, 1.807) is 12.2 Å². The van der Waals surface area contributed by atoms with Gasteiger partial charge >= 0.3 is 0 Å². The smallest absolute Gasteiger partial charge is 0.270 e. The second-order valence-electron chi connectivity index (χ2n) is 3.34. The largest absolute Gasteiger partial charge is 0.369 e. The summed E-state index contributed by atoms with van der Waals surface area (Å²) in [6.45, 7) is 11.4. The topological polar surface area (TPSA) is 71.8 Å². The van der Waals surface area contributed by atoms with Crippen LogP contribution in [0.1, 0.15) is 19.4 Å². The third kappa shape index (κ3) is 3.00. The standard InChI is InChI=1S/C12H11N3OS.C2H6/c1-3-5-7(4-2)8-6-17-10-9(8)14-12(13)15-11(10)16;1-2/h3-6H,1-2H2,(H3,13,14,15,16);1-2H3/b7-5+;. The zero-order valence-electron chi connectivity index (χ0n) is 11.1. The SMILES string of the molecule is C=C/C=C(\C=C)c1csc2c(=O)[nH]c(N)nc12.CC. The fourth-order valence-electron chi connectivity index (χ4n) is 1.54. The van der Waals surface area contributed by atoms with E-state index in [0.29, 0.717) is 10.2 Å². The van der Waals surface area contributed by atoms with Gasteiger partial charge in [0.05, 0.1) is 5.52 Å². The molecule has 5 heteroatoms. The summed E-state index contributed by atoms with van der Waals surface area (Å²) in [7, 11) is 0. The van der Waals surface area contributed by atoms with Gasteiger partial charge in [-0.3, -0.25) is 9.78 Å². The first-order chi connectivity index (χ1) is 9.17. The number of allylic oxidation sites excluding steroid dienone is 4. The van der Waals surface area contributed by atoms with E-state index in [1.807, 2.05) is 25.3 Å². The fraction of sp³-hybridized carbons (Fsp3) is 0.143. The van der Waals surface area contributed by atoms with Crippen LogP contribution in [0.25, 0.3) is 15.8 Å². The minimum absolute atomic E-state index is 0.115. The lowest BCUT2D eigenvalue weighted by Gasteiger charge is -1.99. The molecular weight excluding hydrogens is 258 g/mol. The molecule has 0 unspecified atom stereocenters. The van der Waals surface area contributed by atoms with Crippen molar-refractivity contribution in [2.45, 2.75) is 13.8 Å². The highest BCUT2D eigenvalue weighted by Gasteiger charge is 2.11. The number of nitrogens with one attached hydrogen (secondary N) is 1. The summed E-state index contributed by atoms with van der Waals surface area (Å²) in [6, 6.07) is 0. The van der Waals surface area contributed by atoms with Gasteiger partial charge in [-0.1, -0.05) is 45.2 Å². The van der Waals surface area contributed by atoms with Gasteiger partial charge in [0.25, 0.3) is 5.56 Å². The van der Waals surface area contributed by atoms with Crippen molar-refractivity contribution in [1.29, 1.82) is 0 Å². The zero-order chi connectivity index (χ0) is 14.4. The summed E-state index contributed by atoms with van der Waals surface area (Å²) < 4.78 is 0.561. The monoisotopic (exact) mass is 275 g/mol. The van der Waals surface area contributed by atoms with Gasteiger partial charge in [-0.05, 0) is 5.57 Å². The van der Waals surface area contributed by atoms with E-state index in [0.717, 1.165) is 11.1 Å². The number of fused-ring (bicyclic) bond motifs is 1. The average molecular weight is 275 g/mol. The van der Waals surface area contributed by atoms with Crippen molar-refractivity contribution in [3.8, 4) is 0 Å². The summed E-state index contributed by atoms with van der Waals surface area (Å²) in [6.07, 6.45) is 5.17. The molecule has 0 aliphatic rings. The van der Waals surface area contributed by atoms with Gasteiger partial charge in [-0.25, -0.2) is 4.98 Å². The van der Waals surface area contributed by atoms with E-state index in [2.05, 4.69) is 23.1 Å². The maximum Gasteiger partial charge on any atom is 0.270 e. The van der Waals surface area contributed by atoms with Gasteiger partial charge in [0, 0.05) is 10.9 Å². The predicted octanol–water partition coefficient (Wildman–Crippen LogP) is 3.35. The number of nitrogen functional groups attached to an aromatic ring is 1. The summed E-state index contributed by atoms with van der Waals surface area (Å²) in [5.74, 6) is 0.115. The van der Waals surface area contributed by atoms with E-state index in [1.165, 1.54) is 11.3 Å². The molecule has 3 N–H and O–H groups in total. The number of H-pyrrole nitrogens is 1. The van der Waals surface area contributed by atoms with Gasteiger partial charge in [-0.2, -0.15) is 0 Å². The van der Waals surface area contributed by atoms with Gasteiger partial charge in [-0.15, -0.1) is 11.3 Å². The molecule has 0 spiro atoms. The number of aromatic amines is 1. The molecule has 2 rings (SSSR count). The van der Waals surface area contributed by atoms with Crippen molar-refractivity contribution in [2.24, 2.45) is 0 Å². The molecule has 4 nitrogen and oxygen atoms in total. The Balaban J connectivity index is 0.000000861. The maximum absolute atomic E-state index is 11.7. The Labute approximate surface area is 116 Å². The number of aromatic nitrogens is 2. The lowest BCUT2D eigenvalue weighted by molar-refractivity contribution is 1.20. The Bertz CT molecular complexity index is 680. The lowest BCUT2D eigenvalue weighted by Crippen LogP contribution is -2.09. The van der Waals surface area contributed by atoms with Crippen molar-refractivity contribution >= 4 is 33.1 Å². The minimum Gasteiger partial charge on any atom is -0.369 e. The van der Waals surface area contributed by atoms with Crippen LogP contribution in [0.15, 0.2) is 41.6 Å². The van der Waals surface area contributed by atoms with Crippen molar-refractivity contribution in [3.05, 3.63) is 52.7 Å². The molecule has 2 aromatic rings. The van der Waals surface area contributed by atoms with Crippen molar-refractivity contribution in [2.75, 3.05) is 5.73 Å². The summed E-state index contributed by atoms with van der Waals surface area (Å²) in [5, 5.41) is 1.86. The first-order valence-electron chi connectivity index (χ1n) is 5.90. The third-order valence-corrected chi connectivity index (χ3v) is 3.24. The molecule has 0 aliphatic carbocycles. The van der Waals surface area contributed by atoms with Crippen LogP contribution < -0.4 is 11.3 Å². The molecule has 2 heterocycles. The molecular formula is C14H17N3OS. The molecule has 0 amide bonds. The van der Waals surface area contributed by atoms with Crippen LogP contribution in [-0.4, -0.2) is 9.97 Å². The summed E-state index contributed by atoms with van der Waals surface area (Å²) >= 11 is 1.33. The van der Waals surface area contributed by atoms with Crippen LogP contribution in [0, 0.1) is 0 Å². The molecule has 0 aliphatic heterocycles. The van der Waals surface area contributed by atoms with E-state index in [4.69, 9.17) is 5.73 Å². The van der Waals surface area contributed by atoms with Crippen molar-refractivity contribution in [3.63, 3.8) is 0 Å². The second-order valence-corrected chi connectivity index (χ2v) is 4.22. The highest BCUT2D eigenvalue weighted by molar-refractivity contribution is 7.17. The number of nitrogens with two attached hydrogens (primary N) is 1. The molecule has 0 fully saturated rings. The van der Waals surface area contributed by atoms with Crippen LogP contribution in [0.2, 0.25) is 0 Å². The van der Waals surface area contributed by atoms with E-state index in [-0.39, 0.29) is 11.5 Å². The van der Waals surface area contributed by atoms with Crippen LogP contribution in [0.3, 0.4) is 0 Å². The van der Waals surface area contributed by atoms with Crippen LogP contribution >= 0.6 is 11.3 Å². The van der Waals surface area contributed by atoms with E-state index in [9.17, 15) is 4.79 Å². The fourth-order valence-corrected chi connectivity index (χ4v) is 2.45. The summed E-state index contributed by atoms with van der Waals surface area (Å²) in [4.78, 5) is 18.3. The Morgan fingerprint density at radius 2 is 2.16 bits per heavy atom. The number of nitrogens with zero attached hydrogens (tertiary/aromatic N) is 1. The molecule has 0 aromatic carbocycles. The van der Waals surface area contributed by atoms with Crippen LogP contribution in [0.5, 0.6) is 0 Å². The number of hydrogen-bond acceptors (Lipinski definition) is 4. The van der Waals surface area contributed by atoms with Gasteiger partial charge in [0.1, 0.15) is 4.70 Å². The molecule has 2 aromatic heterocycles. The number of rotatable bonds is 3. The zero-order valence-corrected chi connectivity index (χ0v) is 11.9. The van der Waals surface area contributed by atoms with Gasteiger partial charge in [0.15, 0.2) is 0 Å². The van der Waals surface area contributed by atoms with Crippen LogP contribution in [0.4, 0.5) is 5.95 Å². The first-order valence-corrected chi connectivity index (χ1v) is 6.78. The molecule has 19 heavy (non-hydrogen) atoms. The van der Waals surface area contributed by atoms with Crippen LogP contribution in [-0.2, 0) is 0 Å². The van der Waals surface area contributed by atoms with E-state index < -0.39 is 0 Å². The van der Waals surface area contributed by atoms with Gasteiger partial charge in [0.2, 0.25) is 5.95 Å². The Kier molecular flexibility index (Phi) is 5.26. The molecule has 0 saturated carbocycles. The third-order valence-electron chi connectivity index (χ3n) is 2.27.